The molecule has 1 aliphatic carbocycles. The molecule has 10 nitrogen and oxygen atoms in total. The zero-order chi connectivity index (χ0) is 33.4. The van der Waals surface area contributed by atoms with Crippen molar-refractivity contribution in [2.45, 2.75) is 43.5 Å². The second-order valence-electron chi connectivity index (χ2n) is 12.5. The SMILES string of the molecule is CNCO[C@@H]1Cc2c(cc(OC(CO)CO)c3c2C[C@@H](Cc2ccc4[nH]ccc4c2)c2cc(O)ccc2-3)O[C@@H]1c1ccc(O)c(OC)c1. The van der Waals surface area contributed by atoms with Gasteiger partial charge in [-0.25, -0.2) is 0 Å². The number of H-pyrrole nitrogens is 1. The van der Waals surface area contributed by atoms with Crippen LogP contribution in [-0.4, -0.2) is 71.7 Å². The average Bonchev–Trinajstić information content (AvgIpc) is 3.57. The predicted molar refractivity (Wildman–Crippen MR) is 181 cm³/mol. The Bertz CT molecular complexity index is 1930. The monoisotopic (exact) mass is 652 g/mol. The van der Waals surface area contributed by atoms with Gasteiger partial charge in [0.1, 0.15) is 29.5 Å². The lowest BCUT2D eigenvalue weighted by Crippen LogP contribution is -2.36. The van der Waals surface area contributed by atoms with Crippen LogP contribution in [0.15, 0.2) is 72.9 Å². The van der Waals surface area contributed by atoms with Crippen molar-refractivity contribution in [2.24, 2.45) is 0 Å². The largest absolute Gasteiger partial charge is 0.508 e. The zero-order valence-electron chi connectivity index (χ0n) is 26.9. The van der Waals surface area contributed by atoms with Crippen LogP contribution in [0.1, 0.15) is 39.8 Å². The lowest BCUT2D eigenvalue weighted by Gasteiger charge is -2.38. The molecule has 0 bridgehead atoms. The van der Waals surface area contributed by atoms with E-state index in [0.29, 0.717) is 36.8 Å². The second kappa shape index (κ2) is 13.4. The topological polar surface area (TPSA) is 146 Å². The van der Waals surface area contributed by atoms with Crippen molar-refractivity contribution in [2.75, 3.05) is 34.1 Å². The summed E-state index contributed by atoms with van der Waals surface area (Å²) in [5.74, 6) is 1.67. The second-order valence-corrected chi connectivity index (χ2v) is 12.5. The van der Waals surface area contributed by atoms with Gasteiger partial charge in [0, 0.05) is 35.3 Å². The van der Waals surface area contributed by atoms with E-state index in [2.05, 4.69) is 34.6 Å². The van der Waals surface area contributed by atoms with Crippen molar-refractivity contribution in [3.05, 3.63) is 101 Å². The molecule has 3 atom stereocenters. The van der Waals surface area contributed by atoms with Crippen LogP contribution in [0.5, 0.6) is 28.7 Å². The Morgan fingerprint density at radius 2 is 1.79 bits per heavy atom. The van der Waals surface area contributed by atoms with E-state index in [1.54, 1.807) is 24.3 Å². The molecule has 1 aromatic heterocycles. The molecular weight excluding hydrogens is 612 g/mol. The summed E-state index contributed by atoms with van der Waals surface area (Å²) in [5.41, 5.74) is 7.85. The third-order valence-electron chi connectivity index (χ3n) is 9.44. The Balaban J connectivity index is 1.37. The number of aromatic hydroxyl groups is 2. The van der Waals surface area contributed by atoms with Gasteiger partial charge in [-0.05, 0) is 101 Å². The van der Waals surface area contributed by atoms with Crippen molar-refractivity contribution in [1.82, 2.24) is 10.3 Å². The maximum atomic E-state index is 10.7. The van der Waals surface area contributed by atoms with E-state index >= 15 is 0 Å². The van der Waals surface area contributed by atoms with E-state index in [1.165, 1.54) is 12.7 Å². The minimum Gasteiger partial charge on any atom is -0.508 e. The van der Waals surface area contributed by atoms with Crippen molar-refractivity contribution >= 4 is 10.9 Å². The summed E-state index contributed by atoms with van der Waals surface area (Å²) in [5, 5.41) is 45.2. The number of hydrogen-bond acceptors (Lipinski definition) is 9. The molecule has 2 aliphatic rings. The van der Waals surface area contributed by atoms with E-state index in [0.717, 1.165) is 50.7 Å². The van der Waals surface area contributed by atoms with Crippen molar-refractivity contribution < 1.29 is 39.4 Å². The first-order chi connectivity index (χ1) is 23.4. The highest BCUT2D eigenvalue weighted by Crippen LogP contribution is 2.53. The number of nitrogens with one attached hydrogen (secondary N) is 2. The number of benzene rings is 4. The smallest absolute Gasteiger partial charge is 0.160 e. The molecule has 0 amide bonds. The number of fused-ring (bicyclic) bond motifs is 6. The van der Waals surface area contributed by atoms with Crippen LogP contribution in [0.2, 0.25) is 0 Å². The highest BCUT2D eigenvalue weighted by Gasteiger charge is 2.39. The van der Waals surface area contributed by atoms with Gasteiger partial charge in [0.05, 0.1) is 27.1 Å². The van der Waals surface area contributed by atoms with E-state index in [4.69, 9.17) is 18.9 Å². The van der Waals surface area contributed by atoms with Gasteiger partial charge in [0.25, 0.3) is 0 Å². The minimum absolute atomic E-state index is 0.0255. The lowest BCUT2D eigenvalue weighted by atomic mass is 9.73. The van der Waals surface area contributed by atoms with Crippen molar-refractivity contribution in [1.29, 1.82) is 0 Å². The first-order valence-corrected chi connectivity index (χ1v) is 16.2. The number of aliphatic hydroxyl groups excluding tert-OH is 2. The summed E-state index contributed by atoms with van der Waals surface area (Å²) in [7, 11) is 3.33. The fourth-order valence-electron chi connectivity index (χ4n) is 7.16. The van der Waals surface area contributed by atoms with Crippen LogP contribution in [-0.2, 0) is 24.0 Å². The number of phenolic OH excluding ortho intramolecular Hbond substituents is 2. The number of aliphatic hydroxyl groups is 2. The Morgan fingerprint density at radius 1 is 0.938 bits per heavy atom. The molecule has 48 heavy (non-hydrogen) atoms. The normalized spacial score (nSPS) is 18.2. The molecule has 0 spiro atoms. The molecule has 0 saturated heterocycles. The number of ether oxygens (including phenoxy) is 4. The molecule has 4 aromatic carbocycles. The van der Waals surface area contributed by atoms with Gasteiger partial charge in [-0.1, -0.05) is 18.2 Å². The van der Waals surface area contributed by atoms with E-state index in [9.17, 15) is 20.4 Å². The van der Waals surface area contributed by atoms with Crippen molar-refractivity contribution in [3.8, 4) is 39.9 Å². The Labute approximate surface area is 278 Å². The standard InChI is InChI=1S/C38H40N2O8/c1-39-20-46-36-16-29-30-13-24(12-21-3-7-31-22(11-21)9-10-40-31)28-15-25(43)5-6-27(28)37(30)35(47-26(18-41)19-42)17-33(29)48-38(36)23-4-8-32(44)34(14-23)45-2/h3-11,14-15,17,24,26,36,38-44H,12-13,16,18-20H2,1-2H3/t24-,36-,38-/m1/s1. The number of hydrogen-bond donors (Lipinski definition) is 6. The molecule has 0 unspecified atom stereocenters. The minimum atomic E-state index is -0.842. The highest BCUT2D eigenvalue weighted by atomic mass is 16.6. The molecule has 6 N–H and O–H groups in total. The lowest BCUT2D eigenvalue weighted by molar-refractivity contribution is -0.0429. The third kappa shape index (κ3) is 5.92. The van der Waals surface area contributed by atoms with Gasteiger partial charge in [0.15, 0.2) is 17.6 Å². The van der Waals surface area contributed by atoms with Gasteiger partial charge >= 0.3 is 0 Å². The molecule has 2 heterocycles. The Kier molecular flexibility index (Phi) is 8.89. The summed E-state index contributed by atoms with van der Waals surface area (Å²) in [4.78, 5) is 3.26. The van der Waals surface area contributed by atoms with Crippen LogP contribution in [0.3, 0.4) is 0 Å². The fraction of sp³-hybridized carbons (Fsp3) is 0.316. The maximum absolute atomic E-state index is 10.7. The molecule has 5 aromatic rings. The van der Waals surface area contributed by atoms with Crippen LogP contribution >= 0.6 is 0 Å². The van der Waals surface area contributed by atoms with Crippen LogP contribution < -0.4 is 19.5 Å². The quantitative estimate of drug-likeness (QED) is 0.107. The third-order valence-corrected chi connectivity index (χ3v) is 9.44. The van der Waals surface area contributed by atoms with E-state index in [-0.39, 0.29) is 36.7 Å². The molecule has 250 valence electrons. The first kappa shape index (κ1) is 31.8. The molecule has 0 fully saturated rings. The summed E-state index contributed by atoms with van der Waals surface area (Å²) in [6.45, 7) is -0.433. The van der Waals surface area contributed by atoms with E-state index in [1.807, 2.05) is 31.4 Å². The Morgan fingerprint density at radius 3 is 2.58 bits per heavy atom. The highest BCUT2D eigenvalue weighted by molar-refractivity contribution is 5.83. The maximum Gasteiger partial charge on any atom is 0.160 e. The summed E-state index contributed by atoms with van der Waals surface area (Å²) in [6.07, 6.45) is 2.09. The summed E-state index contributed by atoms with van der Waals surface area (Å²) in [6, 6.07) is 20.9. The fourth-order valence-corrected chi connectivity index (χ4v) is 7.16. The first-order valence-electron chi connectivity index (χ1n) is 16.2. The number of rotatable bonds is 11. The van der Waals surface area contributed by atoms with Crippen LogP contribution in [0.25, 0.3) is 22.0 Å². The van der Waals surface area contributed by atoms with Crippen LogP contribution in [0.4, 0.5) is 0 Å². The van der Waals surface area contributed by atoms with Crippen molar-refractivity contribution in [3.63, 3.8) is 0 Å². The number of aromatic nitrogens is 1. The van der Waals surface area contributed by atoms with Gasteiger partial charge < -0.3 is 44.4 Å². The molecular formula is C38H40N2O8. The van der Waals surface area contributed by atoms with Crippen LogP contribution in [0, 0.1) is 0 Å². The number of phenols is 2. The predicted octanol–water partition coefficient (Wildman–Crippen LogP) is 5.11. The van der Waals surface area contributed by atoms with Gasteiger partial charge in [-0.15, -0.1) is 0 Å². The van der Waals surface area contributed by atoms with Gasteiger partial charge in [-0.2, -0.15) is 0 Å². The average molecular weight is 653 g/mol. The molecule has 10 heteroatoms. The molecule has 7 rings (SSSR count). The molecule has 0 radical (unpaired) electrons. The number of aromatic amines is 1. The Hall–Kier alpha value is -4.74. The zero-order valence-corrected chi connectivity index (χ0v) is 26.9. The molecule has 0 saturated carbocycles. The summed E-state index contributed by atoms with van der Waals surface area (Å²) >= 11 is 0. The number of methoxy groups -OCH3 is 1. The van der Waals surface area contributed by atoms with Gasteiger partial charge in [0.2, 0.25) is 0 Å². The van der Waals surface area contributed by atoms with Gasteiger partial charge in [-0.3, -0.25) is 5.32 Å². The van der Waals surface area contributed by atoms with E-state index < -0.39 is 12.2 Å². The molecule has 1 aliphatic heterocycles. The summed E-state index contributed by atoms with van der Waals surface area (Å²) < 4.78 is 24.8.